The van der Waals surface area contributed by atoms with E-state index < -0.39 is 0 Å². The van der Waals surface area contributed by atoms with Crippen LogP contribution in [0.2, 0.25) is 5.02 Å². The predicted molar refractivity (Wildman–Crippen MR) is 129 cm³/mol. The molecular weight excluding hydrogens is 462 g/mol. The molecule has 4 rings (SSSR count). The van der Waals surface area contributed by atoms with Crippen LogP contribution < -0.4 is 10.6 Å². The van der Waals surface area contributed by atoms with E-state index >= 15 is 0 Å². The van der Waals surface area contributed by atoms with E-state index in [4.69, 9.17) is 11.6 Å². The van der Waals surface area contributed by atoms with E-state index in [1.54, 1.807) is 6.20 Å². The number of nitrogens with zero attached hydrogens (tertiary/aromatic N) is 1. The van der Waals surface area contributed by atoms with Gasteiger partial charge in [-0.3, -0.25) is 9.78 Å². The monoisotopic (exact) mass is 489 g/mol. The number of anilines is 1. The Morgan fingerprint density at radius 2 is 1.62 bits per heavy atom. The van der Waals surface area contributed by atoms with Gasteiger partial charge < -0.3 is 10.6 Å². The summed E-state index contributed by atoms with van der Waals surface area (Å²) >= 11 is 6.01. The van der Waals surface area contributed by atoms with Crippen molar-refractivity contribution in [1.82, 2.24) is 10.3 Å². The SMILES string of the molecule is O=C(CCC[C]1[CH][CH][CH][CH]1)NCCCNc1ccnc2cc(Cl)ccc12.[CH]1[CH][CH][CH][CH]1.[Fe+2]. The molecule has 166 valence electrons. The van der Waals surface area contributed by atoms with Gasteiger partial charge in [-0.15, -0.1) is 0 Å². The number of carbonyl (C=O) groups is 1. The third-order valence-corrected chi connectivity index (χ3v) is 5.09. The van der Waals surface area contributed by atoms with Crippen LogP contribution in [0, 0.1) is 63.7 Å². The molecule has 1 aromatic heterocycles. The van der Waals surface area contributed by atoms with Gasteiger partial charge in [-0.05, 0) is 107 Å². The molecule has 2 fully saturated rings. The van der Waals surface area contributed by atoms with Crippen LogP contribution in [-0.2, 0) is 21.9 Å². The third kappa shape index (κ3) is 9.68. The molecule has 2 aliphatic carbocycles. The fraction of sp³-hybridized carbons (Fsp3) is 0.231. The number of halogens is 1. The summed E-state index contributed by atoms with van der Waals surface area (Å²) in [7, 11) is 0. The van der Waals surface area contributed by atoms with Crippen molar-refractivity contribution in [1.29, 1.82) is 0 Å². The number of fused-ring (bicyclic) bond motifs is 1. The summed E-state index contributed by atoms with van der Waals surface area (Å²) in [6.45, 7) is 1.46. The van der Waals surface area contributed by atoms with E-state index in [1.165, 1.54) is 5.92 Å². The fourth-order valence-electron chi connectivity index (χ4n) is 3.26. The average molecular weight is 490 g/mol. The van der Waals surface area contributed by atoms with Gasteiger partial charge in [0.1, 0.15) is 0 Å². The van der Waals surface area contributed by atoms with E-state index in [-0.39, 0.29) is 23.0 Å². The molecular formula is C26H28ClFeN3O+2. The average Bonchev–Trinajstić information content (AvgIpc) is 3.50. The first-order valence-electron chi connectivity index (χ1n) is 10.6. The molecule has 0 saturated heterocycles. The van der Waals surface area contributed by atoms with Gasteiger partial charge in [0.15, 0.2) is 0 Å². The standard InChI is InChI=1S/C21H23ClN3O.C5H5.Fe/c22-17-9-10-18-19(11-14-24-20(18)15-17)23-12-4-13-25-21(26)8-3-7-16-5-1-2-6-16;1-2-4-5-3-1;/h1-2,5-6,9-11,14-15H,3-4,7-8,12-13H2,(H,23,24)(H,25,26);1-5H;/q;;+2. The molecule has 0 aliphatic heterocycles. The summed E-state index contributed by atoms with van der Waals surface area (Å²) < 4.78 is 0. The number of carbonyl (C=O) groups excluding carboxylic acids is 1. The minimum atomic E-state index is 0. The zero-order valence-electron chi connectivity index (χ0n) is 17.9. The minimum absolute atomic E-state index is 0. The quantitative estimate of drug-likeness (QED) is 0.366. The van der Waals surface area contributed by atoms with E-state index in [0.717, 1.165) is 42.4 Å². The van der Waals surface area contributed by atoms with Crippen LogP contribution in [-0.4, -0.2) is 24.0 Å². The van der Waals surface area contributed by atoms with Crippen molar-refractivity contribution in [3.63, 3.8) is 0 Å². The maximum absolute atomic E-state index is 11.9. The smallest absolute Gasteiger partial charge is 0.384 e. The Hall–Kier alpha value is -1.29. The molecule has 32 heavy (non-hydrogen) atoms. The first kappa shape index (κ1) is 27.0. The van der Waals surface area contributed by atoms with Crippen molar-refractivity contribution < 1.29 is 21.9 Å². The molecule has 1 amide bonds. The summed E-state index contributed by atoms with van der Waals surface area (Å²) in [5.74, 6) is 1.42. The van der Waals surface area contributed by atoms with Crippen molar-refractivity contribution in [2.24, 2.45) is 0 Å². The number of pyridine rings is 1. The number of aromatic nitrogens is 1. The number of benzene rings is 1. The maximum Gasteiger partial charge on any atom is 2.00 e. The molecule has 2 aliphatic rings. The van der Waals surface area contributed by atoms with Crippen molar-refractivity contribution in [2.45, 2.75) is 25.7 Å². The van der Waals surface area contributed by atoms with Crippen LogP contribution in [0.4, 0.5) is 5.69 Å². The molecule has 4 nitrogen and oxygen atoms in total. The number of nitrogens with one attached hydrogen (secondary N) is 2. The van der Waals surface area contributed by atoms with Crippen LogP contribution in [0.25, 0.3) is 10.9 Å². The van der Waals surface area contributed by atoms with Gasteiger partial charge in [-0.1, -0.05) is 11.6 Å². The Morgan fingerprint density at radius 3 is 2.34 bits per heavy atom. The Bertz CT molecular complexity index is 799. The summed E-state index contributed by atoms with van der Waals surface area (Å²) in [6, 6.07) is 7.66. The molecule has 6 heteroatoms. The topological polar surface area (TPSA) is 54.0 Å². The van der Waals surface area contributed by atoms with Gasteiger partial charge in [-0.2, -0.15) is 0 Å². The zero-order valence-corrected chi connectivity index (χ0v) is 19.8. The Kier molecular flexibility index (Phi) is 13.1. The molecule has 1 heterocycles. The van der Waals surface area contributed by atoms with Crippen molar-refractivity contribution in [2.75, 3.05) is 18.4 Å². The number of rotatable bonds is 9. The summed E-state index contributed by atoms with van der Waals surface area (Å²) in [6.07, 6.45) is 23.3. The fourth-order valence-corrected chi connectivity index (χ4v) is 3.42. The summed E-state index contributed by atoms with van der Waals surface area (Å²) in [5, 5.41) is 8.13. The third-order valence-electron chi connectivity index (χ3n) is 4.85. The second-order valence-electron chi connectivity index (χ2n) is 7.26. The summed E-state index contributed by atoms with van der Waals surface area (Å²) in [4.78, 5) is 16.2. The molecule has 2 N–H and O–H groups in total. The Labute approximate surface area is 209 Å². The molecule has 0 bridgehead atoms. The Balaban J connectivity index is 0.000000534. The molecule has 0 spiro atoms. The molecule has 10 radical (unpaired) electrons. The van der Waals surface area contributed by atoms with E-state index in [9.17, 15) is 4.79 Å². The van der Waals surface area contributed by atoms with Crippen LogP contribution >= 0.6 is 11.6 Å². The van der Waals surface area contributed by atoms with Gasteiger partial charge >= 0.3 is 17.1 Å². The number of hydrogen-bond donors (Lipinski definition) is 2. The molecule has 1 aromatic carbocycles. The molecule has 0 atom stereocenters. The first-order valence-corrected chi connectivity index (χ1v) is 11.0. The predicted octanol–water partition coefficient (Wildman–Crippen LogP) is 5.40. The minimum Gasteiger partial charge on any atom is -0.384 e. The first-order chi connectivity index (χ1) is 15.2. The van der Waals surface area contributed by atoms with Crippen molar-refractivity contribution in [3.05, 3.63) is 99.2 Å². The molecule has 2 aromatic rings. The van der Waals surface area contributed by atoms with Gasteiger partial charge in [0.05, 0.1) is 5.52 Å². The second kappa shape index (κ2) is 15.5. The maximum atomic E-state index is 11.9. The van der Waals surface area contributed by atoms with Crippen LogP contribution in [0.3, 0.4) is 0 Å². The van der Waals surface area contributed by atoms with Gasteiger partial charge in [-0.25, -0.2) is 0 Å². The van der Waals surface area contributed by atoms with Gasteiger partial charge in [0.25, 0.3) is 0 Å². The van der Waals surface area contributed by atoms with Gasteiger partial charge in [0, 0.05) is 41.8 Å². The van der Waals surface area contributed by atoms with E-state index in [1.807, 2.05) is 69.2 Å². The number of amides is 1. The second-order valence-corrected chi connectivity index (χ2v) is 7.70. The normalized spacial score (nSPS) is 15.7. The van der Waals surface area contributed by atoms with E-state index in [0.29, 0.717) is 18.0 Å². The van der Waals surface area contributed by atoms with Gasteiger partial charge in [0.2, 0.25) is 5.91 Å². The van der Waals surface area contributed by atoms with Crippen molar-refractivity contribution >= 4 is 34.1 Å². The van der Waals surface area contributed by atoms with Crippen molar-refractivity contribution in [3.8, 4) is 0 Å². The zero-order chi connectivity index (χ0) is 21.7. The van der Waals surface area contributed by atoms with E-state index in [2.05, 4.69) is 28.5 Å². The number of hydrogen-bond acceptors (Lipinski definition) is 3. The summed E-state index contributed by atoms with van der Waals surface area (Å²) in [5.41, 5.74) is 1.91. The molecule has 0 unspecified atom stereocenters. The van der Waals surface area contributed by atoms with Crippen LogP contribution in [0.1, 0.15) is 25.7 Å². The molecule has 2 saturated carbocycles. The van der Waals surface area contributed by atoms with Crippen LogP contribution in [0.15, 0.2) is 30.5 Å². The largest absolute Gasteiger partial charge is 2.00 e. The van der Waals surface area contributed by atoms with Crippen LogP contribution in [0.5, 0.6) is 0 Å². The Morgan fingerprint density at radius 1 is 0.906 bits per heavy atom.